The highest BCUT2D eigenvalue weighted by Gasteiger charge is 2.41. The molecule has 0 unspecified atom stereocenters. The molecule has 0 nitrogen and oxygen atoms in total. The van der Waals surface area contributed by atoms with Gasteiger partial charge in [0.1, 0.15) is 0 Å². The summed E-state index contributed by atoms with van der Waals surface area (Å²) in [4.78, 5) is 0. The van der Waals surface area contributed by atoms with Crippen LogP contribution in [0.15, 0.2) is 0 Å². The van der Waals surface area contributed by atoms with E-state index in [2.05, 4.69) is 12.8 Å². The molecular weight excluding hydrogens is 144 g/mol. The summed E-state index contributed by atoms with van der Waals surface area (Å²) >= 11 is 0. The Morgan fingerprint density at radius 2 is 0.667 bits per heavy atom. The molecule has 66 valence electrons. The van der Waals surface area contributed by atoms with Crippen molar-refractivity contribution in [3.8, 4) is 12.8 Å². The minimum absolute atomic E-state index is 1.18. The van der Waals surface area contributed by atoms with Crippen LogP contribution >= 0.6 is 0 Å². The van der Waals surface area contributed by atoms with Gasteiger partial charge < -0.3 is 0 Å². The van der Waals surface area contributed by atoms with Crippen LogP contribution in [0.2, 0.25) is 0 Å². The number of hydrogen-bond donors (Lipinski definition) is 0. The van der Waals surface area contributed by atoms with Crippen molar-refractivity contribution in [1.29, 1.82) is 0 Å². The molecule has 4 fully saturated rings. The summed E-state index contributed by atoms with van der Waals surface area (Å²) in [5.41, 5.74) is 0. The maximum atomic E-state index is 4.00. The van der Waals surface area contributed by atoms with Crippen LogP contribution in [-0.4, -0.2) is 0 Å². The molecule has 4 saturated carbocycles. The zero-order valence-electron chi connectivity index (χ0n) is 7.71. The van der Waals surface area contributed by atoms with Gasteiger partial charge >= 0.3 is 0 Å². The fourth-order valence-corrected chi connectivity index (χ4v) is 3.98. The maximum absolute atomic E-state index is 4.00. The van der Waals surface area contributed by atoms with Crippen molar-refractivity contribution in [3.63, 3.8) is 0 Å². The van der Waals surface area contributed by atoms with Gasteiger partial charge in [0.05, 0.1) is 0 Å². The average Bonchev–Trinajstić information content (AvgIpc) is 2.05. The molecule has 0 saturated heterocycles. The van der Waals surface area contributed by atoms with Gasteiger partial charge in [-0.15, -0.1) is 12.8 Å². The molecule has 0 aliphatic heterocycles. The largest absolute Gasteiger partial charge is 0.124 e. The lowest BCUT2D eigenvalue weighted by Crippen LogP contribution is -2.38. The van der Waals surface area contributed by atoms with Crippen LogP contribution in [-0.2, 0) is 0 Å². The van der Waals surface area contributed by atoms with Gasteiger partial charge in [-0.1, -0.05) is 0 Å². The van der Waals surface area contributed by atoms with E-state index in [0.29, 0.717) is 0 Å². The first-order valence-corrected chi connectivity index (χ1v) is 5.23. The van der Waals surface area contributed by atoms with Crippen molar-refractivity contribution in [2.45, 2.75) is 38.5 Å². The Balaban J connectivity index is 0.000000264. The molecule has 4 bridgehead atoms. The Morgan fingerprint density at radius 3 is 0.833 bits per heavy atom. The number of rotatable bonds is 0. The smallest absolute Gasteiger partial charge is 0.0406 e. The van der Waals surface area contributed by atoms with E-state index in [9.17, 15) is 0 Å². The van der Waals surface area contributed by atoms with E-state index in [1.165, 1.54) is 23.7 Å². The maximum Gasteiger partial charge on any atom is -0.0406 e. The highest BCUT2D eigenvalue weighted by Crippen LogP contribution is 2.53. The Bertz CT molecular complexity index is 121. The minimum Gasteiger partial charge on any atom is -0.124 e. The van der Waals surface area contributed by atoms with Crippen molar-refractivity contribution in [3.05, 3.63) is 0 Å². The topological polar surface area (TPSA) is 0 Å². The van der Waals surface area contributed by atoms with Crippen LogP contribution < -0.4 is 0 Å². The van der Waals surface area contributed by atoms with E-state index in [-0.39, 0.29) is 0 Å². The van der Waals surface area contributed by atoms with E-state index in [0.717, 1.165) is 0 Å². The SMILES string of the molecule is C#C.C1C2CC3CC1CC(C2)C3. The Labute approximate surface area is 75.7 Å². The average molecular weight is 162 g/mol. The summed E-state index contributed by atoms with van der Waals surface area (Å²) in [5, 5.41) is 0. The summed E-state index contributed by atoms with van der Waals surface area (Å²) in [6, 6.07) is 0. The van der Waals surface area contributed by atoms with Gasteiger partial charge in [-0.25, -0.2) is 0 Å². The highest BCUT2D eigenvalue weighted by molar-refractivity contribution is 4.92. The third kappa shape index (κ3) is 1.26. The van der Waals surface area contributed by atoms with Gasteiger partial charge in [-0.3, -0.25) is 0 Å². The van der Waals surface area contributed by atoms with Crippen LogP contribution in [0.3, 0.4) is 0 Å². The first-order chi connectivity index (χ1) is 5.90. The van der Waals surface area contributed by atoms with Crippen molar-refractivity contribution < 1.29 is 0 Å². The normalized spacial score (nSPS) is 48.2. The minimum atomic E-state index is 1.18. The molecular formula is C12H18. The zero-order chi connectivity index (χ0) is 8.55. The Morgan fingerprint density at radius 1 is 0.500 bits per heavy atom. The standard InChI is InChI=1S/C10H16.C2H2/c1-7-2-9-4-8(1)5-10(3-7)6-9;1-2/h7-10H,1-6H2;1-2H. The van der Waals surface area contributed by atoms with Gasteiger partial charge in [-0.2, -0.15) is 0 Å². The monoisotopic (exact) mass is 162 g/mol. The lowest BCUT2D eigenvalue weighted by Gasteiger charge is -2.49. The summed E-state index contributed by atoms with van der Waals surface area (Å²) in [5.74, 6) is 4.71. The second-order valence-electron chi connectivity index (χ2n) is 4.88. The molecule has 0 aromatic rings. The van der Waals surface area contributed by atoms with E-state index in [1.54, 1.807) is 38.5 Å². The fourth-order valence-electron chi connectivity index (χ4n) is 3.98. The zero-order valence-corrected chi connectivity index (χ0v) is 7.71. The first-order valence-electron chi connectivity index (χ1n) is 5.23. The van der Waals surface area contributed by atoms with Gasteiger partial charge in [-0.05, 0) is 62.2 Å². The molecule has 4 aliphatic rings. The van der Waals surface area contributed by atoms with Crippen molar-refractivity contribution in [1.82, 2.24) is 0 Å². The Hall–Kier alpha value is -0.440. The van der Waals surface area contributed by atoms with E-state index in [1.807, 2.05) is 0 Å². The fraction of sp³-hybridized carbons (Fsp3) is 0.833. The van der Waals surface area contributed by atoms with E-state index >= 15 is 0 Å². The van der Waals surface area contributed by atoms with Crippen LogP contribution in [0.5, 0.6) is 0 Å². The predicted octanol–water partition coefficient (Wildman–Crippen LogP) is 3.08. The molecule has 0 N–H and O–H groups in total. The quantitative estimate of drug-likeness (QED) is 0.480. The second-order valence-corrected chi connectivity index (χ2v) is 4.88. The van der Waals surface area contributed by atoms with Gasteiger partial charge in [0.25, 0.3) is 0 Å². The number of hydrogen-bond acceptors (Lipinski definition) is 0. The molecule has 4 rings (SSSR count). The molecule has 0 amide bonds. The molecule has 0 heterocycles. The highest BCUT2D eigenvalue weighted by atomic mass is 14.5. The lowest BCUT2D eigenvalue weighted by molar-refractivity contribution is 0.0198. The Kier molecular flexibility index (Phi) is 2.13. The molecule has 0 aromatic heterocycles. The molecule has 0 heteroatoms. The van der Waals surface area contributed by atoms with Crippen LogP contribution in [0.25, 0.3) is 0 Å². The van der Waals surface area contributed by atoms with Crippen molar-refractivity contribution in [2.24, 2.45) is 23.7 Å². The predicted molar refractivity (Wildman–Crippen MR) is 51.6 cm³/mol. The van der Waals surface area contributed by atoms with Crippen LogP contribution in [0, 0.1) is 36.5 Å². The van der Waals surface area contributed by atoms with E-state index in [4.69, 9.17) is 0 Å². The first kappa shape index (κ1) is 8.17. The molecule has 4 aliphatic carbocycles. The second kappa shape index (κ2) is 3.13. The van der Waals surface area contributed by atoms with Gasteiger partial charge in [0.15, 0.2) is 0 Å². The third-order valence-electron chi connectivity index (χ3n) is 4.00. The summed E-state index contributed by atoms with van der Waals surface area (Å²) in [7, 11) is 0. The third-order valence-corrected chi connectivity index (χ3v) is 4.00. The molecule has 0 radical (unpaired) electrons. The molecule has 0 atom stereocenters. The summed E-state index contributed by atoms with van der Waals surface area (Å²) in [6.45, 7) is 0. The van der Waals surface area contributed by atoms with Crippen LogP contribution in [0.4, 0.5) is 0 Å². The molecule has 0 aromatic carbocycles. The summed E-state index contributed by atoms with van der Waals surface area (Å²) in [6.07, 6.45) is 17.6. The number of terminal acetylenes is 1. The summed E-state index contributed by atoms with van der Waals surface area (Å²) < 4.78 is 0. The molecule has 0 spiro atoms. The van der Waals surface area contributed by atoms with Crippen molar-refractivity contribution in [2.75, 3.05) is 0 Å². The van der Waals surface area contributed by atoms with Crippen LogP contribution in [0.1, 0.15) is 38.5 Å². The lowest BCUT2D eigenvalue weighted by atomic mass is 9.56. The van der Waals surface area contributed by atoms with Crippen molar-refractivity contribution >= 4 is 0 Å². The molecule has 12 heavy (non-hydrogen) atoms. The van der Waals surface area contributed by atoms with Gasteiger partial charge in [0.2, 0.25) is 0 Å². The van der Waals surface area contributed by atoms with Gasteiger partial charge in [0, 0.05) is 0 Å². The van der Waals surface area contributed by atoms with E-state index < -0.39 is 0 Å².